The molecule has 22 heavy (non-hydrogen) atoms. The van der Waals surface area contributed by atoms with Gasteiger partial charge in [-0.1, -0.05) is 41.0 Å². The first kappa shape index (κ1) is 20.0. The number of unbranched alkanes of at least 4 members (excludes halogenated alkanes) is 1. The monoisotopic (exact) mass is 346 g/mol. The molecule has 0 spiro atoms. The lowest BCUT2D eigenvalue weighted by Gasteiger charge is -2.38. The van der Waals surface area contributed by atoms with E-state index in [1.54, 1.807) is 0 Å². The minimum Gasteiger partial charge on any atom is -0.448 e. The lowest BCUT2D eigenvalue weighted by atomic mass is 10.2. The van der Waals surface area contributed by atoms with Gasteiger partial charge in [-0.3, -0.25) is 4.57 Å². The Balaban J connectivity index is 2.67. The highest BCUT2D eigenvalue weighted by Crippen LogP contribution is 2.51. The first-order valence-electron chi connectivity index (χ1n) is 8.69. The summed E-state index contributed by atoms with van der Waals surface area (Å²) in [5.74, 6) is 0.894. The van der Waals surface area contributed by atoms with E-state index in [4.69, 9.17) is 8.95 Å². The summed E-state index contributed by atoms with van der Waals surface area (Å²) in [6, 6.07) is 0. The molecule has 0 amide bonds. The van der Waals surface area contributed by atoms with Crippen molar-refractivity contribution >= 4 is 15.7 Å². The molecule has 0 N–H and O–H groups in total. The van der Waals surface area contributed by atoms with Gasteiger partial charge in [0, 0.05) is 18.7 Å². The average Bonchev–Trinajstić information content (AvgIpc) is 2.81. The second-order valence-corrected chi connectivity index (χ2v) is 15.5. The predicted octanol–water partition coefficient (Wildman–Crippen LogP) is 6.17. The Bertz CT molecular complexity index is 438. The van der Waals surface area contributed by atoms with Crippen molar-refractivity contribution in [3.8, 4) is 0 Å². The van der Waals surface area contributed by atoms with E-state index >= 15 is 0 Å². The smallest absolute Gasteiger partial charge is 0.247 e. The summed E-state index contributed by atoms with van der Waals surface area (Å²) in [6.45, 7) is 15.4. The highest BCUT2D eigenvalue weighted by atomic mass is 31.2. The summed E-state index contributed by atoms with van der Waals surface area (Å²) in [4.78, 5) is 0. The van der Waals surface area contributed by atoms with Crippen LogP contribution in [0.25, 0.3) is 0 Å². The van der Waals surface area contributed by atoms with E-state index in [1.807, 2.05) is 6.92 Å². The molecule has 0 saturated carbocycles. The van der Waals surface area contributed by atoms with E-state index in [0.717, 1.165) is 31.4 Å². The fraction of sp³-hybridized carbons (Fsp3) is 0.882. The van der Waals surface area contributed by atoms with Crippen molar-refractivity contribution in [3.05, 3.63) is 11.8 Å². The van der Waals surface area contributed by atoms with Gasteiger partial charge >= 0.3 is 0 Å². The van der Waals surface area contributed by atoms with Crippen molar-refractivity contribution < 1.29 is 13.5 Å². The molecule has 2 unspecified atom stereocenters. The molecule has 0 aromatic heterocycles. The molecular weight excluding hydrogens is 311 g/mol. The quantitative estimate of drug-likeness (QED) is 0.389. The maximum absolute atomic E-state index is 12.8. The lowest BCUT2D eigenvalue weighted by molar-refractivity contribution is 0.224. The van der Waals surface area contributed by atoms with E-state index in [0.29, 0.717) is 12.3 Å². The Labute approximate surface area is 138 Å². The Morgan fingerprint density at radius 2 is 1.95 bits per heavy atom. The SMILES string of the molecule is CCCCP(=O)(CC)OC1=CC(O[Si](C)(C)C(C)(C)C)CC1. The molecule has 0 fully saturated rings. The second kappa shape index (κ2) is 7.68. The number of rotatable bonds is 8. The van der Waals surface area contributed by atoms with Gasteiger partial charge in [0.2, 0.25) is 7.37 Å². The van der Waals surface area contributed by atoms with Crippen molar-refractivity contribution in [2.75, 3.05) is 12.3 Å². The van der Waals surface area contributed by atoms with Crippen LogP contribution in [0.15, 0.2) is 11.8 Å². The molecule has 1 aliphatic rings. The van der Waals surface area contributed by atoms with Gasteiger partial charge in [-0.25, -0.2) is 0 Å². The molecule has 130 valence electrons. The molecule has 0 radical (unpaired) electrons. The maximum Gasteiger partial charge on any atom is 0.247 e. The third-order valence-corrected chi connectivity index (χ3v) is 11.9. The van der Waals surface area contributed by atoms with Gasteiger partial charge in [0.25, 0.3) is 0 Å². The van der Waals surface area contributed by atoms with E-state index < -0.39 is 15.7 Å². The van der Waals surface area contributed by atoms with Gasteiger partial charge in [-0.05, 0) is 37.0 Å². The fourth-order valence-electron chi connectivity index (χ4n) is 2.26. The summed E-state index contributed by atoms with van der Waals surface area (Å²) in [5, 5.41) is 0.213. The third-order valence-electron chi connectivity index (χ3n) is 4.92. The largest absolute Gasteiger partial charge is 0.448 e. The second-order valence-electron chi connectivity index (χ2n) is 7.89. The zero-order chi connectivity index (χ0) is 17.0. The topological polar surface area (TPSA) is 35.5 Å². The van der Waals surface area contributed by atoms with Crippen molar-refractivity contribution in [3.63, 3.8) is 0 Å². The third kappa shape index (κ3) is 5.54. The number of hydrogen-bond donors (Lipinski definition) is 0. The van der Waals surface area contributed by atoms with Crippen LogP contribution < -0.4 is 0 Å². The van der Waals surface area contributed by atoms with Crippen LogP contribution in [0.2, 0.25) is 18.1 Å². The van der Waals surface area contributed by atoms with Crippen LogP contribution in [0.4, 0.5) is 0 Å². The molecule has 2 atom stereocenters. The first-order chi connectivity index (χ1) is 10.0. The minimum absolute atomic E-state index is 0.132. The molecule has 5 heteroatoms. The molecule has 0 aromatic rings. The van der Waals surface area contributed by atoms with Gasteiger partial charge in [0.15, 0.2) is 8.32 Å². The van der Waals surface area contributed by atoms with Crippen molar-refractivity contribution in [2.24, 2.45) is 0 Å². The van der Waals surface area contributed by atoms with Gasteiger partial charge in [-0.2, -0.15) is 0 Å². The van der Waals surface area contributed by atoms with Gasteiger partial charge in [0.05, 0.1) is 6.10 Å². The molecule has 3 nitrogen and oxygen atoms in total. The number of hydrogen-bond acceptors (Lipinski definition) is 3. The molecule has 0 aliphatic heterocycles. The van der Waals surface area contributed by atoms with Crippen LogP contribution in [0.5, 0.6) is 0 Å². The molecular formula is C17H35O3PSi. The van der Waals surface area contributed by atoms with E-state index in [-0.39, 0.29) is 11.1 Å². The standard InChI is InChI=1S/C17H35O3PSi/c1-8-10-13-21(18,9-2)19-15-11-12-16(14-15)20-22(6,7)17(3,4)5/h14,16H,8-13H2,1-7H3. The molecule has 0 saturated heterocycles. The predicted molar refractivity (Wildman–Crippen MR) is 98.4 cm³/mol. The Hall–Kier alpha value is -0.0531. The van der Waals surface area contributed by atoms with Crippen LogP contribution in [0, 0.1) is 0 Å². The summed E-state index contributed by atoms with van der Waals surface area (Å²) >= 11 is 0. The highest BCUT2D eigenvalue weighted by molar-refractivity contribution is 7.59. The lowest BCUT2D eigenvalue weighted by Crippen LogP contribution is -2.43. The van der Waals surface area contributed by atoms with Crippen LogP contribution in [-0.2, 0) is 13.5 Å². The summed E-state index contributed by atoms with van der Waals surface area (Å²) in [5.41, 5.74) is 0. The van der Waals surface area contributed by atoms with Gasteiger partial charge in [0.1, 0.15) is 5.76 Å². The van der Waals surface area contributed by atoms with Crippen molar-refractivity contribution in [2.45, 2.75) is 84.5 Å². The molecule has 0 heterocycles. The normalized spacial score (nSPS) is 22.3. The average molecular weight is 347 g/mol. The first-order valence-corrected chi connectivity index (χ1v) is 13.6. The highest BCUT2D eigenvalue weighted by Gasteiger charge is 2.39. The Morgan fingerprint density at radius 1 is 1.32 bits per heavy atom. The van der Waals surface area contributed by atoms with Crippen LogP contribution >= 0.6 is 7.37 Å². The molecule has 1 aliphatic carbocycles. The van der Waals surface area contributed by atoms with Crippen LogP contribution in [0.1, 0.15) is 60.3 Å². The Kier molecular flexibility index (Phi) is 6.98. The van der Waals surface area contributed by atoms with E-state index in [1.165, 1.54) is 0 Å². The van der Waals surface area contributed by atoms with Crippen molar-refractivity contribution in [1.82, 2.24) is 0 Å². The van der Waals surface area contributed by atoms with Crippen LogP contribution in [0.3, 0.4) is 0 Å². The summed E-state index contributed by atoms with van der Waals surface area (Å²) in [6.07, 6.45) is 7.38. The fourth-order valence-corrected chi connectivity index (χ4v) is 5.47. The molecule has 1 rings (SSSR count). The zero-order valence-electron chi connectivity index (χ0n) is 15.6. The van der Waals surface area contributed by atoms with Crippen molar-refractivity contribution in [1.29, 1.82) is 0 Å². The van der Waals surface area contributed by atoms with Gasteiger partial charge < -0.3 is 8.95 Å². The summed E-state index contributed by atoms with van der Waals surface area (Å²) in [7, 11) is -4.25. The zero-order valence-corrected chi connectivity index (χ0v) is 17.5. The Morgan fingerprint density at radius 3 is 2.45 bits per heavy atom. The maximum atomic E-state index is 12.8. The minimum atomic E-state index is -2.49. The van der Waals surface area contributed by atoms with Gasteiger partial charge in [-0.15, -0.1) is 0 Å². The van der Waals surface area contributed by atoms with Crippen LogP contribution in [-0.4, -0.2) is 26.7 Å². The number of allylic oxidation sites excluding steroid dienone is 1. The van der Waals surface area contributed by atoms with E-state index in [9.17, 15) is 4.57 Å². The molecule has 0 bridgehead atoms. The van der Waals surface area contributed by atoms with E-state index in [2.05, 4.69) is 46.9 Å². The molecule has 0 aromatic carbocycles. The summed E-state index contributed by atoms with van der Waals surface area (Å²) < 4.78 is 25.1.